The standard InChI is InChI=1S/C19H23N3O4/c1-2-6-16-15(13-20-22(16)14-7-4-3-5-8-14)17(23)21-11-9-19(26,10-12-21)18(24)25/h3-5,7-8,13,26H,2,6,9-12H2,1H3,(H,24,25). The third-order valence-corrected chi connectivity index (χ3v) is 4.86. The van der Waals surface area contributed by atoms with E-state index in [4.69, 9.17) is 5.11 Å². The van der Waals surface area contributed by atoms with E-state index in [2.05, 4.69) is 5.10 Å². The van der Waals surface area contributed by atoms with E-state index in [-0.39, 0.29) is 31.8 Å². The number of hydrogen-bond donors (Lipinski definition) is 2. The summed E-state index contributed by atoms with van der Waals surface area (Å²) in [7, 11) is 0. The van der Waals surface area contributed by atoms with Crippen LogP contribution in [0.3, 0.4) is 0 Å². The zero-order valence-corrected chi connectivity index (χ0v) is 14.8. The van der Waals surface area contributed by atoms with Crippen molar-refractivity contribution in [2.75, 3.05) is 13.1 Å². The van der Waals surface area contributed by atoms with Crippen molar-refractivity contribution in [1.82, 2.24) is 14.7 Å². The predicted octanol–water partition coefficient (Wildman–Crippen LogP) is 1.88. The fraction of sp³-hybridized carbons (Fsp3) is 0.421. The van der Waals surface area contributed by atoms with Gasteiger partial charge >= 0.3 is 5.97 Å². The van der Waals surface area contributed by atoms with E-state index < -0.39 is 11.6 Å². The Kier molecular flexibility index (Phi) is 5.08. The number of aliphatic carboxylic acids is 1. The van der Waals surface area contributed by atoms with Crippen LogP contribution in [0.4, 0.5) is 0 Å². The van der Waals surface area contributed by atoms with Gasteiger partial charge < -0.3 is 15.1 Å². The number of amides is 1. The summed E-state index contributed by atoms with van der Waals surface area (Å²) in [5, 5.41) is 23.6. The second-order valence-electron chi connectivity index (χ2n) is 6.63. The van der Waals surface area contributed by atoms with E-state index in [0.29, 0.717) is 12.0 Å². The normalized spacial score (nSPS) is 16.5. The van der Waals surface area contributed by atoms with Gasteiger partial charge in [-0.05, 0) is 18.6 Å². The van der Waals surface area contributed by atoms with Gasteiger partial charge in [0.1, 0.15) is 0 Å². The quantitative estimate of drug-likeness (QED) is 0.852. The number of carbonyl (C=O) groups excluding carboxylic acids is 1. The first kappa shape index (κ1) is 18.1. The summed E-state index contributed by atoms with van der Waals surface area (Å²) in [6, 6.07) is 9.65. The Labute approximate surface area is 151 Å². The topological polar surface area (TPSA) is 95.7 Å². The highest BCUT2D eigenvalue weighted by molar-refractivity contribution is 5.95. The van der Waals surface area contributed by atoms with Crippen LogP contribution in [0.15, 0.2) is 36.5 Å². The number of nitrogens with zero attached hydrogens (tertiary/aromatic N) is 3. The SMILES string of the molecule is CCCc1c(C(=O)N2CCC(O)(C(=O)O)CC2)cnn1-c1ccccc1. The zero-order chi connectivity index (χ0) is 18.7. The number of para-hydroxylation sites is 1. The van der Waals surface area contributed by atoms with Crippen molar-refractivity contribution in [3.05, 3.63) is 47.8 Å². The molecule has 0 radical (unpaired) electrons. The Bertz CT molecular complexity index is 792. The molecule has 0 aliphatic carbocycles. The van der Waals surface area contributed by atoms with E-state index in [9.17, 15) is 14.7 Å². The fourth-order valence-corrected chi connectivity index (χ4v) is 3.29. The molecule has 0 spiro atoms. The second kappa shape index (κ2) is 7.29. The second-order valence-corrected chi connectivity index (χ2v) is 6.63. The van der Waals surface area contributed by atoms with E-state index in [1.807, 2.05) is 37.3 Å². The van der Waals surface area contributed by atoms with Gasteiger partial charge in [0.15, 0.2) is 5.60 Å². The van der Waals surface area contributed by atoms with Crippen molar-refractivity contribution in [3.63, 3.8) is 0 Å². The summed E-state index contributed by atoms with van der Waals surface area (Å²) in [6.07, 6.45) is 3.23. The molecule has 1 aromatic carbocycles. The van der Waals surface area contributed by atoms with E-state index in [0.717, 1.165) is 17.8 Å². The van der Waals surface area contributed by atoms with Gasteiger partial charge in [-0.25, -0.2) is 9.48 Å². The van der Waals surface area contributed by atoms with Crippen molar-refractivity contribution in [2.24, 2.45) is 0 Å². The molecule has 1 amide bonds. The first-order valence-corrected chi connectivity index (χ1v) is 8.83. The summed E-state index contributed by atoms with van der Waals surface area (Å²) < 4.78 is 1.79. The van der Waals surface area contributed by atoms with Gasteiger partial charge in [-0.2, -0.15) is 5.10 Å². The number of likely N-dealkylation sites (tertiary alicyclic amines) is 1. The number of carboxylic acid groups (broad SMARTS) is 1. The van der Waals surface area contributed by atoms with Gasteiger partial charge in [-0.15, -0.1) is 0 Å². The number of aliphatic hydroxyl groups is 1. The number of rotatable bonds is 5. The predicted molar refractivity (Wildman–Crippen MR) is 95.3 cm³/mol. The minimum Gasteiger partial charge on any atom is -0.479 e. The van der Waals surface area contributed by atoms with Crippen LogP contribution in [0, 0.1) is 0 Å². The fourth-order valence-electron chi connectivity index (χ4n) is 3.29. The molecule has 2 N–H and O–H groups in total. The largest absolute Gasteiger partial charge is 0.479 e. The molecule has 1 aliphatic heterocycles. The molecule has 138 valence electrons. The van der Waals surface area contributed by atoms with Crippen LogP contribution in [-0.2, 0) is 11.2 Å². The highest BCUT2D eigenvalue weighted by atomic mass is 16.4. The van der Waals surface area contributed by atoms with E-state index in [1.165, 1.54) is 0 Å². The van der Waals surface area contributed by atoms with Gasteiger partial charge in [0.05, 0.1) is 23.1 Å². The van der Waals surface area contributed by atoms with Crippen LogP contribution in [0.2, 0.25) is 0 Å². The maximum atomic E-state index is 13.0. The lowest BCUT2D eigenvalue weighted by atomic mass is 9.91. The van der Waals surface area contributed by atoms with Gasteiger partial charge in [0.2, 0.25) is 0 Å². The minimum atomic E-state index is -1.74. The van der Waals surface area contributed by atoms with Gasteiger partial charge in [-0.3, -0.25) is 4.79 Å². The first-order chi connectivity index (χ1) is 12.5. The van der Waals surface area contributed by atoms with E-state index in [1.54, 1.807) is 15.8 Å². The summed E-state index contributed by atoms with van der Waals surface area (Å²) in [5.74, 6) is -1.39. The van der Waals surface area contributed by atoms with Crippen LogP contribution < -0.4 is 0 Å². The lowest BCUT2D eigenvalue weighted by molar-refractivity contribution is -0.162. The van der Waals surface area contributed by atoms with E-state index >= 15 is 0 Å². The van der Waals surface area contributed by atoms with Gasteiger partial charge in [0.25, 0.3) is 5.91 Å². The van der Waals surface area contributed by atoms with Crippen molar-refractivity contribution in [3.8, 4) is 5.69 Å². The monoisotopic (exact) mass is 357 g/mol. The van der Waals surface area contributed by atoms with Crippen LogP contribution in [0.25, 0.3) is 5.69 Å². The van der Waals surface area contributed by atoms with Crippen LogP contribution in [0.5, 0.6) is 0 Å². The average Bonchev–Trinajstić information content (AvgIpc) is 3.06. The number of hydrogen-bond acceptors (Lipinski definition) is 4. The Balaban J connectivity index is 1.84. The molecule has 0 unspecified atom stereocenters. The molecule has 26 heavy (non-hydrogen) atoms. The third kappa shape index (κ3) is 3.35. The lowest BCUT2D eigenvalue weighted by Gasteiger charge is -2.35. The smallest absolute Gasteiger partial charge is 0.335 e. The van der Waals surface area contributed by atoms with Crippen LogP contribution >= 0.6 is 0 Å². The highest BCUT2D eigenvalue weighted by Gasteiger charge is 2.41. The maximum Gasteiger partial charge on any atom is 0.335 e. The molecule has 0 bridgehead atoms. The van der Waals surface area contributed by atoms with Crippen LogP contribution in [-0.4, -0.2) is 55.5 Å². The number of piperidine rings is 1. The molecule has 1 saturated heterocycles. The molecule has 1 aromatic heterocycles. The Morgan fingerprint density at radius 2 is 1.85 bits per heavy atom. The maximum absolute atomic E-state index is 13.0. The zero-order valence-electron chi connectivity index (χ0n) is 14.8. The number of aromatic nitrogens is 2. The molecule has 0 saturated carbocycles. The van der Waals surface area contributed by atoms with Crippen molar-refractivity contribution in [1.29, 1.82) is 0 Å². The van der Waals surface area contributed by atoms with Gasteiger partial charge in [-0.1, -0.05) is 31.5 Å². The molecule has 3 rings (SSSR count). The molecule has 1 aliphatic rings. The Morgan fingerprint density at radius 1 is 1.19 bits per heavy atom. The molecule has 7 heteroatoms. The third-order valence-electron chi connectivity index (χ3n) is 4.86. The number of benzene rings is 1. The first-order valence-electron chi connectivity index (χ1n) is 8.83. The molecule has 2 aromatic rings. The lowest BCUT2D eigenvalue weighted by Crippen LogP contribution is -2.50. The molecule has 0 atom stereocenters. The molecular formula is C19H23N3O4. The number of carbonyl (C=O) groups is 2. The average molecular weight is 357 g/mol. The summed E-state index contributed by atoms with van der Waals surface area (Å²) in [4.78, 5) is 25.7. The molecule has 7 nitrogen and oxygen atoms in total. The molecular weight excluding hydrogens is 334 g/mol. The van der Waals surface area contributed by atoms with Gasteiger partial charge in [0, 0.05) is 25.9 Å². The summed E-state index contributed by atoms with van der Waals surface area (Å²) >= 11 is 0. The Hall–Kier alpha value is -2.67. The van der Waals surface area contributed by atoms with Crippen molar-refractivity contribution in [2.45, 2.75) is 38.2 Å². The summed E-state index contributed by atoms with van der Waals surface area (Å²) in [6.45, 7) is 2.47. The Morgan fingerprint density at radius 3 is 2.42 bits per heavy atom. The van der Waals surface area contributed by atoms with Crippen molar-refractivity contribution >= 4 is 11.9 Å². The summed E-state index contributed by atoms with van der Waals surface area (Å²) in [5.41, 5.74) is 0.546. The van der Waals surface area contributed by atoms with Crippen molar-refractivity contribution < 1.29 is 19.8 Å². The minimum absolute atomic E-state index is 0.0318. The molecule has 1 fully saturated rings. The van der Waals surface area contributed by atoms with Crippen LogP contribution in [0.1, 0.15) is 42.2 Å². The number of carboxylic acids is 1. The highest BCUT2D eigenvalue weighted by Crippen LogP contribution is 2.25. The molecule has 2 heterocycles.